The molecule has 1 heterocycles. The summed E-state index contributed by atoms with van der Waals surface area (Å²) in [6.07, 6.45) is 2.84. The van der Waals surface area contributed by atoms with Crippen LogP contribution in [0.1, 0.15) is 39.9 Å². The standard InChI is InChI=1S/C19H17N3O/c20-12-13-4-6-15(7-5-13)19(9-10-19)22-18(23)16-3-1-2-14-8-11-21-17(14)16/h1-7,21H,8-11H2,(H,22,23). The van der Waals surface area contributed by atoms with E-state index in [0.29, 0.717) is 5.56 Å². The fourth-order valence-electron chi connectivity index (χ4n) is 3.29. The molecule has 23 heavy (non-hydrogen) atoms. The van der Waals surface area contributed by atoms with Crippen LogP contribution in [0.5, 0.6) is 0 Å². The van der Waals surface area contributed by atoms with Crippen molar-refractivity contribution in [3.63, 3.8) is 0 Å². The zero-order valence-corrected chi connectivity index (χ0v) is 12.7. The Morgan fingerprint density at radius 2 is 1.96 bits per heavy atom. The van der Waals surface area contributed by atoms with E-state index < -0.39 is 0 Å². The van der Waals surface area contributed by atoms with Crippen molar-refractivity contribution < 1.29 is 4.79 Å². The van der Waals surface area contributed by atoms with E-state index >= 15 is 0 Å². The maximum absolute atomic E-state index is 12.8. The number of amides is 1. The zero-order valence-electron chi connectivity index (χ0n) is 12.7. The van der Waals surface area contributed by atoms with E-state index in [0.717, 1.165) is 42.6 Å². The molecule has 1 fully saturated rings. The molecule has 2 N–H and O–H groups in total. The highest BCUT2D eigenvalue weighted by Crippen LogP contribution is 2.46. The molecule has 0 aromatic heterocycles. The van der Waals surface area contributed by atoms with E-state index in [1.807, 2.05) is 36.4 Å². The first-order valence-corrected chi connectivity index (χ1v) is 7.91. The topological polar surface area (TPSA) is 64.9 Å². The van der Waals surface area contributed by atoms with Crippen LogP contribution in [0.3, 0.4) is 0 Å². The summed E-state index contributed by atoms with van der Waals surface area (Å²) < 4.78 is 0. The number of rotatable bonds is 3. The first-order valence-electron chi connectivity index (χ1n) is 7.91. The molecule has 2 aromatic rings. The summed E-state index contributed by atoms with van der Waals surface area (Å²) in [6.45, 7) is 0.889. The van der Waals surface area contributed by atoms with Crippen molar-refractivity contribution in [3.8, 4) is 6.07 Å². The van der Waals surface area contributed by atoms with Gasteiger partial charge in [0, 0.05) is 6.54 Å². The lowest BCUT2D eigenvalue weighted by Crippen LogP contribution is -2.35. The predicted molar refractivity (Wildman–Crippen MR) is 88.2 cm³/mol. The molecule has 0 bridgehead atoms. The lowest BCUT2D eigenvalue weighted by atomic mass is 10.0. The third-order valence-electron chi connectivity index (χ3n) is 4.76. The number of carbonyl (C=O) groups excluding carboxylic acids is 1. The van der Waals surface area contributed by atoms with Crippen LogP contribution in [0.4, 0.5) is 5.69 Å². The second-order valence-electron chi connectivity index (χ2n) is 6.24. The van der Waals surface area contributed by atoms with Gasteiger partial charge in [0.15, 0.2) is 0 Å². The van der Waals surface area contributed by atoms with Gasteiger partial charge >= 0.3 is 0 Å². The molecular weight excluding hydrogens is 286 g/mol. The predicted octanol–water partition coefficient (Wildman–Crippen LogP) is 2.95. The lowest BCUT2D eigenvalue weighted by Gasteiger charge is -2.19. The molecule has 0 atom stereocenters. The Hall–Kier alpha value is -2.80. The Kier molecular flexibility index (Phi) is 3.09. The van der Waals surface area contributed by atoms with Crippen molar-refractivity contribution in [1.82, 2.24) is 5.32 Å². The molecule has 1 aliphatic carbocycles. The molecule has 1 saturated carbocycles. The van der Waals surface area contributed by atoms with Crippen molar-refractivity contribution in [2.24, 2.45) is 0 Å². The summed E-state index contributed by atoms with van der Waals surface area (Å²) >= 11 is 0. The highest BCUT2D eigenvalue weighted by atomic mass is 16.1. The van der Waals surface area contributed by atoms with Crippen molar-refractivity contribution in [1.29, 1.82) is 5.26 Å². The van der Waals surface area contributed by atoms with Gasteiger partial charge in [-0.05, 0) is 48.6 Å². The third-order valence-corrected chi connectivity index (χ3v) is 4.76. The molecule has 114 valence electrons. The van der Waals surface area contributed by atoms with E-state index in [2.05, 4.69) is 22.8 Å². The Morgan fingerprint density at radius 3 is 2.65 bits per heavy atom. The minimum absolute atomic E-state index is 0.0295. The first kappa shape index (κ1) is 13.8. The van der Waals surface area contributed by atoms with Gasteiger partial charge in [0.1, 0.15) is 0 Å². The van der Waals surface area contributed by atoms with Crippen LogP contribution in [0, 0.1) is 11.3 Å². The Morgan fingerprint density at radius 1 is 1.17 bits per heavy atom. The molecule has 0 spiro atoms. The van der Waals surface area contributed by atoms with Gasteiger partial charge < -0.3 is 10.6 Å². The number of carbonyl (C=O) groups is 1. The molecule has 1 amide bonds. The largest absolute Gasteiger partial charge is 0.384 e. The van der Waals surface area contributed by atoms with Gasteiger partial charge in [-0.1, -0.05) is 24.3 Å². The van der Waals surface area contributed by atoms with Crippen LogP contribution in [0.25, 0.3) is 0 Å². The summed E-state index contributed by atoms with van der Waals surface area (Å²) in [5.41, 5.74) is 4.35. The minimum atomic E-state index is -0.271. The summed E-state index contributed by atoms with van der Waals surface area (Å²) in [5.74, 6) is -0.0295. The fourth-order valence-corrected chi connectivity index (χ4v) is 3.29. The number of nitrogens with zero attached hydrogens (tertiary/aromatic N) is 1. The Labute approximate surface area is 135 Å². The number of nitriles is 1. The average molecular weight is 303 g/mol. The van der Waals surface area contributed by atoms with Crippen molar-refractivity contribution >= 4 is 11.6 Å². The summed E-state index contributed by atoms with van der Waals surface area (Å²) in [4.78, 5) is 12.8. The zero-order chi connectivity index (χ0) is 15.9. The molecule has 2 aliphatic rings. The van der Waals surface area contributed by atoms with Crippen LogP contribution in [-0.4, -0.2) is 12.5 Å². The number of benzene rings is 2. The molecule has 2 aromatic carbocycles. The lowest BCUT2D eigenvalue weighted by molar-refractivity contribution is 0.0931. The number of hydrogen-bond donors (Lipinski definition) is 2. The number of para-hydroxylation sites is 1. The van der Waals surface area contributed by atoms with Crippen molar-refractivity contribution in [2.45, 2.75) is 24.8 Å². The van der Waals surface area contributed by atoms with Crippen LogP contribution in [-0.2, 0) is 12.0 Å². The normalized spacial score (nSPS) is 16.8. The molecule has 4 heteroatoms. The maximum Gasteiger partial charge on any atom is 0.254 e. The number of anilines is 1. The molecule has 0 radical (unpaired) electrons. The van der Waals surface area contributed by atoms with Gasteiger partial charge in [0.25, 0.3) is 5.91 Å². The second-order valence-corrected chi connectivity index (χ2v) is 6.24. The highest BCUT2D eigenvalue weighted by Gasteiger charge is 2.46. The van der Waals surface area contributed by atoms with Gasteiger partial charge in [-0.3, -0.25) is 4.79 Å². The number of fused-ring (bicyclic) bond motifs is 1. The third kappa shape index (κ3) is 2.35. The van der Waals surface area contributed by atoms with Crippen LogP contribution >= 0.6 is 0 Å². The average Bonchev–Trinajstić information content (AvgIpc) is 3.20. The number of hydrogen-bond acceptors (Lipinski definition) is 3. The van der Waals surface area contributed by atoms with Crippen molar-refractivity contribution in [2.75, 3.05) is 11.9 Å². The molecule has 4 nitrogen and oxygen atoms in total. The maximum atomic E-state index is 12.8. The Bertz CT molecular complexity index is 813. The van der Waals surface area contributed by atoms with Gasteiger partial charge in [-0.15, -0.1) is 0 Å². The number of nitrogens with one attached hydrogen (secondary N) is 2. The Balaban J connectivity index is 1.59. The van der Waals surface area contributed by atoms with Crippen LogP contribution < -0.4 is 10.6 Å². The van der Waals surface area contributed by atoms with Gasteiger partial charge in [-0.25, -0.2) is 0 Å². The van der Waals surface area contributed by atoms with Gasteiger partial charge in [0.2, 0.25) is 0 Å². The second kappa shape index (κ2) is 5.13. The van der Waals surface area contributed by atoms with E-state index in [9.17, 15) is 4.79 Å². The van der Waals surface area contributed by atoms with Crippen LogP contribution in [0.2, 0.25) is 0 Å². The van der Waals surface area contributed by atoms with Crippen LogP contribution in [0.15, 0.2) is 42.5 Å². The smallest absolute Gasteiger partial charge is 0.254 e. The van der Waals surface area contributed by atoms with E-state index in [1.165, 1.54) is 5.56 Å². The monoisotopic (exact) mass is 303 g/mol. The summed E-state index contributed by atoms with van der Waals surface area (Å²) in [7, 11) is 0. The molecule has 0 saturated heterocycles. The van der Waals surface area contributed by atoms with Crippen molar-refractivity contribution in [3.05, 3.63) is 64.7 Å². The molecule has 0 unspecified atom stereocenters. The highest BCUT2D eigenvalue weighted by molar-refractivity contribution is 6.01. The quantitative estimate of drug-likeness (QED) is 0.916. The summed E-state index contributed by atoms with van der Waals surface area (Å²) in [6, 6.07) is 15.5. The van der Waals surface area contributed by atoms with E-state index in [-0.39, 0.29) is 11.4 Å². The molecule has 1 aliphatic heterocycles. The molecule has 4 rings (SSSR count). The SMILES string of the molecule is N#Cc1ccc(C2(NC(=O)c3cccc4c3NCC4)CC2)cc1. The first-order chi connectivity index (χ1) is 11.2. The van der Waals surface area contributed by atoms with E-state index in [4.69, 9.17) is 5.26 Å². The van der Waals surface area contributed by atoms with E-state index in [1.54, 1.807) is 0 Å². The van der Waals surface area contributed by atoms with Gasteiger partial charge in [-0.2, -0.15) is 5.26 Å². The minimum Gasteiger partial charge on any atom is -0.384 e. The fraction of sp³-hybridized carbons (Fsp3) is 0.263. The van der Waals surface area contributed by atoms with Gasteiger partial charge in [0.05, 0.1) is 28.4 Å². The molecular formula is C19H17N3O. The summed E-state index contributed by atoms with van der Waals surface area (Å²) in [5, 5.41) is 15.4.